The van der Waals surface area contributed by atoms with Gasteiger partial charge in [-0.3, -0.25) is 10.1 Å². The van der Waals surface area contributed by atoms with Crippen molar-refractivity contribution >= 4 is 38.5 Å². The molecule has 0 radical (unpaired) electrons. The highest BCUT2D eigenvalue weighted by Gasteiger charge is 2.32. The number of amides is 1. The van der Waals surface area contributed by atoms with E-state index < -0.39 is 15.9 Å². The van der Waals surface area contributed by atoms with Gasteiger partial charge in [0.1, 0.15) is 4.90 Å². The van der Waals surface area contributed by atoms with Crippen LogP contribution in [0.2, 0.25) is 0 Å². The first-order valence-electron chi connectivity index (χ1n) is 4.97. The van der Waals surface area contributed by atoms with Crippen molar-refractivity contribution in [3.63, 3.8) is 0 Å². The molecule has 0 aromatic heterocycles. The number of thioether (sulfide) groups is 1. The molecule has 0 bridgehead atoms. The van der Waals surface area contributed by atoms with Crippen molar-refractivity contribution in [1.82, 2.24) is 10.0 Å². The molecule has 1 aliphatic heterocycles. The van der Waals surface area contributed by atoms with Crippen molar-refractivity contribution in [1.29, 1.82) is 5.26 Å². The Balaban J connectivity index is 2.49. The van der Waals surface area contributed by atoms with Gasteiger partial charge in [0.25, 0.3) is 15.9 Å². The zero-order valence-electron chi connectivity index (χ0n) is 9.67. The molecule has 2 rings (SSSR count). The zero-order chi connectivity index (χ0) is 14.0. The Labute approximate surface area is 113 Å². The molecule has 9 heteroatoms. The van der Waals surface area contributed by atoms with E-state index in [0.717, 1.165) is 0 Å². The molecule has 0 unspecified atom stereocenters. The molecule has 2 N–H and O–H groups in total. The summed E-state index contributed by atoms with van der Waals surface area (Å²) in [7, 11) is -3.79. The molecule has 1 aliphatic rings. The van der Waals surface area contributed by atoms with Gasteiger partial charge < -0.3 is 0 Å². The van der Waals surface area contributed by atoms with E-state index in [0.29, 0.717) is 10.9 Å². The average molecular weight is 296 g/mol. The van der Waals surface area contributed by atoms with E-state index in [-0.39, 0.29) is 10.5 Å². The fourth-order valence-electron chi connectivity index (χ4n) is 1.51. The molecular formula is C10H8N4O3S2. The Morgan fingerprint density at radius 2 is 2.26 bits per heavy atom. The highest BCUT2D eigenvalue weighted by Crippen LogP contribution is 2.27. The molecule has 1 heterocycles. The quantitative estimate of drug-likeness (QED) is 0.338. The lowest BCUT2D eigenvalue weighted by Crippen LogP contribution is -2.20. The minimum absolute atomic E-state index is 0.0953. The minimum atomic E-state index is -3.79. The molecule has 19 heavy (non-hydrogen) atoms. The molecule has 7 nitrogen and oxygen atoms in total. The van der Waals surface area contributed by atoms with Crippen LogP contribution < -0.4 is 10.0 Å². The van der Waals surface area contributed by atoms with E-state index in [1.54, 1.807) is 12.4 Å². The number of amidine groups is 1. The van der Waals surface area contributed by atoms with Crippen molar-refractivity contribution in [2.24, 2.45) is 4.99 Å². The third-order valence-corrected chi connectivity index (χ3v) is 4.26. The Morgan fingerprint density at radius 3 is 2.89 bits per heavy atom. The molecule has 0 spiro atoms. The Hall–Kier alpha value is -2.05. The Kier molecular flexibility index (Phi) is 3.46. The summed E-state index contributed by atoms with van der Waals surface area (Å²) >= 11 is 1.21. The predicted molar refractivity (Wildman–Crippen MR) is 70.5 cm³/mol. The number of carbonyl (C=O) groups excluding carboxylic acids is 1. The number of nitrogens with one attached hydrogen (secondary N) is 2. The first kappa shape index (κ1) is 13.4. The lowest BCUT2D eigenvalue weighted by Gasteiger charge is -2.01. The third kappa shape index (κ3) is 2.54. The fourth-order valence-corrected chi connectivity index (χ4v) is 3.05. The van der Waals surface area contributed by atoms with E-state index >= 15 is 0 Å². The average Bonchev–Trinajstić information content (AvgIpc) is 2.59. The maximum Gasteiger partial charge on any atom is 0.266 e. The largest absolute Gasteiger partial charge is 0.271 e. The van der Waals surface area contributed by atoms with E-state index in [1.807, 2.05) is 4.72 Å². The number of aliphatic imine (C=N–C) groups is 1. The second-order valence-corrected chi connectivity index (χ2v) is 5.92. The maximum atomic E-state index is 11.6. The zero-order valence-corrected chi connectivity index (χ0v) is 11.3. The number of hydrogen-bond donors (Lipinski definition) is 2. The van der Waals surface area contributed by atoms with Crippen LogP contribution in [0.3, 0.4) is 0 Å². The molecule has 0 saturated heterocycles. The van der Waals surface area contributed by atoms with Crippen molar-refractivity contribution in [3.8, 4) is 6.19 Å². The molecule has 0 saturated carbocycles. The second-order valence-electron chi connectivity index (χ2n) is 3.47. The standard InChI is InChI=1S/C10H8N4O3S2/c1-18-10(12-5-11)13-6-2-3-7-8(4-6)19(16,17)14-9(7)15/h2-4H,1H3,(H,12,13)(H,14,15). The monoisotopic (exact) mass is 296 g/mol. The lowest BCUT2D eigenvalue weighted by atomic mass is 10.2. The summed E-state index contributed by atoms with van der Waals surface area (Å²) in [6.45, 7) is 0. The van der Waals surface area contributed by atoms with Gasteiger partial charge in [-0.25, -0.2) is 18.1 Å². The SMILES string of the molecule is CSC(=Nc1ccc2c(c1)S(=O)(=O)NC2=O)NC#N. The molecular weight excluding hydrogens is 288 g/mol. The number of carbonyl (C=O) groups is 1. The van der Waals surface area contributed by atoms with Crippen molar-refractivity contribution < 1.29 is 13.2 Å². The summed E-state index contributed by atoms with van der Waals surface area (Å²) in [6.07, 6.45) is 3.45. The van der Waals surface area contributed by atoms with Gasteiger partial charge in [0, 0.05) is 0 Å². The van der Waals surface area contributed by atoms with Crippen LogP contribution in [0.5, 0.6) is 0 Å². The summed E-state index contributed by atoms with van der Waals surface area (Å²) in [4.78, 5) is 15.4. The van der Waals surface area contributed by atoms with Crippen molar-refractivity contribution in [3.05, 3.63) is 23.8 Å². The van der Waals surface area contributed by atoms with E-state index in [1.165, 1.54) is 30.0 Å². The summed E-state index contributed by atoms with van der Waals surface area (Å²) < 4.78 is 25.2. The summed E-state index contributed by atoms with van der Waals surface area (Å²) in [5, 5.41) is 11.2. The number of benzene rings is 1. The van der Waals surface area contributed by atoms with Gasteiger partial charge in [0.05, 0.1) is 11.3 Å². The van der Waals surface area contributed by atoms with Crippen LogP contribution in [-0.2, 0) is 10.0 Å². The second kappa shape index (κ2) is 4.91. The first-order chi connectivity index (χ1) is 8.97. The normalized spacial score (nSPS) is 16.4. The molecule has 0 fully saturated rings. The molecule has 98 valence electrons. The highest BCUT2D eigenvalue weighted by atomic mass is 32.2. The highest BCUT2D eigenvalue weighted by molar-refractivity contribution is 8.13. The summed E-state index contributed by atoms with van der Waals surface area (Å²) in [5.74, 6) is -0.647. The molecule has 1 aromatic rings. The van der Waals surface area contributed by atoms with Crippen LogP contribution in [-0.4, -0.2) is 25.7 Å². The van der Waals surface area contributed by atoms with Crippen LogP contribution in [0.15, 0.2) is 28.1 Å². The van der Waals surface area contributed by atoms with Crippen LogP contribution in [0.4, 0.5) is 5.69 Å². The molecule has 1 aromatic carbocycles. The van der Waals surface area contributed by atoms with Gasteiger partial charge >= 0.3 is 0 Å². The molecule has 1 amide bonds. The Morgan fingerprint density at radius 1 is 1.53 bits per heavy atom. The Bertz CT molecular complexity index is 719. The van der Waals surface area contributed by atoms with Gasteiger partial charge in [0.2, 0.25) is 0 Å². The van der Waals surface area contributed by atoms with Crippen molar-refractivity contribution in [2.75, 3.05) is 6.26 Å². The van der Waals surface area contributed by atoms with Crippen LogP contribution in [0, 0.1) is 11.5 Å². The summed E-state index contributed by atoms with van der Waals surface area (Å²) in [6, 6.07) is 4.19. The smallest absolute Gasteiger partial charge is 0.266 e. The molecule has 0 atom stereocenters. The first-order valence-corrected chi connectivity index (χ1v) is 7.67. The van der Waals surface area contributed by atoms with E-state index in [2.05, 4.69) is 10.3 Å². The number of nitrogens with zero attached hydrogens (tertiary/aromatic N) is 2. The topological polar surface area (TPSA) is 111 Å². The minimum Gasteiger partial charge on any atom is -0.271 e. The number of fused-ring (bicyclic) bond motifs is 1. The number of rotatable bonds is 1. The van der Waals surface area contributed by atoms with Crippen molar-refractivity contribution in [2.45, 2.75) is 4.90 Å². The van der Waals surface area contributed by atoms with E-state index in [9.17, 15) is 13.2 Å². The summed E-state index contributed by atoms with van der Waals surface area (Å²) in [5.41, 5.74) is 0.434. The predicted octanol–water partition coefficient (Wildman–Crippen LogP) is 0.540. The van der Waals surface area contributed by atoms with Gasteiger partial charge in [-0.05, 0) is 24.5 Å². The number of sulfonamides is 1. The van der Waals surface area contributed by atoms with Gasteiger partial charge in [-0.1, -0.05) is 11.8 Å². The van der Waals surface area contributed by atoms with Gasteiger partial charge in [-0.15, -0.1) is 0 Å². The lowest BCUT2D eigenvalue weighted by molar-refractivity contribution is 0.0985. The van der Waals surface area contributed by atoms with Crippen LogP contribution in [0.1, 0.15) is 10.4 Å². The third-order valence-electron chi connectivity index (χ3n) is 2.31. The van der Waals surface area contributed by atoms with Crippen LogP contribution in [0.25, 0.3) is 0 Å². The fraction of sp³-hybridized carbons (Fsp3) is 0.100. The molecule has 0 aliphatic carbocycles. The number of hydrogen-bond acceptors (Lipinski definition) is 6. The number of nitriles is 1. The van der Waals surface area contributed by atoms with Gasteiger partial charge in [0.15, 0.2) is 11.4 Å². The van der Waals surface area contributed by atoms with Gasteiger partial charge in [-0.2, -0.15) is 5.26 Å². The maximum absolute atomic E-state index is 11.6. The van der Waals surface area contributed by atoms with E-state index in [4.69, 9.17) is 5.26 Å². The van der Waals surface area contributed by atoms with Crippen LogP contribution >= 0.6 is 11.8 Å².